The lowest BCUT2D eigenvalue weighted by atomic mass is 10.2. The molecule has 0 radical (unpaired) electrons. The van der Waals surface area contributed by atoms with Crippen LogP contribution in [0.4, 0.5) is 0 Å². The molecule has 1 aromatic carbocycles. The summed E-state index contributed by atoms with van der Waals surface area (Å²) in [4.78, 5) is 22.9. The van der Waals surface area contributed by atoms with Crippen LogP contribution in [0.15, 0.2) is 49.2 Å². The highest BCUT2D eigenvalue weighted by molar-refractivity contribution is 6.06. The van der Waals surface area contributed by atoms with Crippen molar-refractivity contribution in [3.8, 4) is 0 Å². The quantitative estimate of drug-likeness (QED) is 0.580. The molecule has 0 saturated heterocycles. The number of hydrogen-bond acceptors (Lipinski definition) is 2. The Hall–Kier alpha value is -2.16. The second-order valence-corrected chi connectivity index (χ2v) is 3.49. The lowest BCUT2D eigenvalue weighted by molar-refractivity contribution is -0.113. The molecule has 0 atom stereocenters. The third-order valence-corrected chi connectivity index (χ3v) is 2.42. The standard InChI is InChI=1S/C13H11NO2/c1-2-11(15)9-13(16)14-8-7-10-5-3-4-6-12(10)14/h2-8H,1,9H2. The fourth-order valence-electron chi connectivity index (χ4n) is 1.61. The van der Waals surface area contributed by atoms with Gasteiger partial charge < -0.3 is 0 Å². The van der Waals surface area contributed by atoms with E-state index in [9.17, 15) is 9.59 Å². The number of fused-ring (bicyclic) bond motifs is 1. The molecule has 1 heterocycles. The third-order valence-electron chi connectivity index (χ3n) is 2.42. The predicted molar refractivity (Wildman–Crippen MR) is 62.4 cm³/mol. The highest BCUT2D eigenvalue weighted by Gasteiger charge is 2.10. The lowest BCUT2D eigenvalue weighted by Crippen LogP contribution is -2.13. The average molecular weight is 213 g/mol. The van der Waals surface area contributed by atoms with Crippen molar-refractivity contribution < 1.29 is 9.59 Å². The fraction of sp³-hybridized carbons (Fsp3) is 0.0769. The van der Waals surface area contributed by atoms with E-state index < -0.39 is 0 Å². The first kappa shape index (κ1) is 10.4. The molecule has 0 amide bonds. The van der Waals surface area contributed by atoms with Gasteiger partial charge in [0.2, 0.25) is 5.91 Å². The summed E-state index contributed by atoms with van der Waals surface area (Å²) in [5, 5.41) is 0.988. The van der Waals surface area contributed by atoms with E-state index in [-0.39, 0.29) is 18.1 Å². The Morgan fingerprint density at radius 2 is 2.00 bits per heavy atom. The molecule has 0 saturated carbocycles. The van der Waals surface area contributed by atoms with Gasteiger partial charge in [0.1, 0.15) is 0 Å². The first-order chi connectivity index (χ1) is 7.72. The maximum atomic E-state index is 11.8. The summed E-state index contributed by atoms with van der Waals surface area (Å²) in [5.41, 5.74) is 0.823. The van der Waals surface area contributed by atoms with Crippen LogP contribution in [0.25, 0.3) is 10.9 Å². The minimum atomic E-state index is -0.261. The number of rotatable bonds is 3. The van der Waals surface area contributed by atoms with Gasteiger partial charge >= 0.3 is 0 Å². The van der Waals surface area contributed by atoms with E-state index in [1.54, 1.807) is 6.20 Å². The van der Waals surface area contributed by atoms with E-state index in [2.05, 4.69) is 6.58 Å². The van der Waals surface area contributed by atoms with Crippen molar-refractivity contribution in [3.05, 3.63) is 49.2 Å². The van der Waals surface area contributed by atoms with E-state index in [0.29, 0.717) is 0 Å². The van der Waals surface area contributed by atoms with Crippen molar-refractivity contribution in [3.63, 3.8) is 0 Å². The van der Waals surface area contributed by atoms with E-state index in [4.69, 9.17) is 0 Å². The predicted octanol–water partition coefficient (Wildman–Crippen LogP) is 2.43. The highest BCUT2D eigenvalue weighted by atomic mass is 16.2. The fourth-order valence-corrected chi connectivity index (χ4v) is 1.61. The number of allylic oxidation sites excluding steroid dienone is 1. The van der Waals surface area contributed by atoms with E-state index in [1.165, 1.54) is 10.6 Å². The first-order valence-corrected chi connectivity index (χ1v) is 4.97. The molecule has 0 fully saturated rings. The maximum Gasteiger partial charge on any atom is 0.238 e. The molecule has 0 spiro atoms. The lowest BCUT2D eigenvalue weighted by Gasteiger charge is -2.01. The van der Waals surface area contributed by atoms with Crippen LogP contribution in [0.2, 0.25) is 0 Å². The van der Waals surface area contributed by atoms with Crippen molar-refractivity contribution in [1.82, 2.24) is 4.57 Å². The number of carbonyl (C=O) groups excluding carboxylic acids is 2. The van der Waals surface area contributed by atoms with E-state index >= 15 is 0 Å². The van der Waals surface area contributed by atoms with Crippen molar-refractivity contribution >= 4 is 22.6 Å². The number of hydrogen-bond donors (Lipinski definition) is 0. The second-order valence-electron chi connectivity index (χ2n) is 3.49. The van der Waals surface area contributed by atoms with Crippen molar-refractivity contribution in [2.75, 3.05) is 0 Å². The number of nitrogens with zero attached hydrogens (tertiary/aromatic N) is 1. The molecule has 16 heavy (non-hydrogen) atoms. The summed E-state index contributed by atoms with van der Waals surface area (Å²) >= 11 is 0. The van der Waals surface area contributed by atoms with Gasteiger partial charge in [0.05, 0.1) is 11.9 Å². The Balaban J connectivity index is 2.36. The molecule has 80 valence electrons. The van der Waals surface area contributed by atoms with E-state index in [1.807, 2.05) is 30.3 Å². The van der Waals surface area contributed by atoms with Gasteiger partial charge in [-0.1, -0.05) is 24.8 Å². The summed E-state index contributed by atoms with van der Waals surface area (Å²) in [6.07, 6.45) is 2.72. The second kappa shape index (κ2) is 4.14. The van der Waals surface area contributed by atoms with Crippen LogP contribution in [0.1, 0.15) is 11.2 Å². The van der Waals surface area contributed by atoms with Gasteiger partial charge in [0.25, 0.3) is 0 Å². The van der Waals surface area contributed by atoms with Crippen LogP contribution in [0.3, 0.4) is 0 Å². The van der Waals surface area contributed by atoms with Crippen LogP contribution in [-0.2, 0) is 4.79 Å². The minimum absolute atomic E-state index is 0.137. The van der Waals surface area contributed by atoms with Gasteiger partial charge in [-0.25, -0.2) is 0 Å². The van der Waals surface area contributed by atoms with Gasteiger partial charge in [-0.3, -0.25) is 14.2 Å². The average Bonchev–Trinajstić information content (AvgIpc) is 2.72. The molecular weight excluding hydrogens is 202 g/mol. The van der Waals surface area contributed by atoms with Gasteiger partial charge in [0, 0.05) is 11.6 Å². The highest BCUT2D eigenvalue weighted by Crippen LogP contribution is 2.15. The van der Waals surface area contributed by atoms with Gasteiger partial charge in [-0.15, -0.1) is 0 Å². The zero-order chi connectivity index (χ0) is 11.5. The molecule has 2 aromatic rings. The topological polar surface area (TPSA) is 39.1 Å². The largest absolute Gasteiger partial charge is 0.294 e. The third kappa shape index (κ3) is 1.80. The van der Waals surface area contributed by atoms with Gasteiger partial charge in [-0.05, 0) is 18.2 Å². The Bertz CT molecular complexity index is 566. The molecule has 0 aliphatic rings. The smallest absolute Gasteiger partial charge is 0.238 e. The molecule has 0 N–H and O–H groups in total. The summed E-state index contributed by atoms with van der Waals surface area (Å²) in [6.45, 7) is 3.35. The first-order valence-electron chi connectivity index (χ1n) is 4.97. The molecule has 0 unspecified atom stereocenters. The summed E-state index contributed by atoms with van der Waals surface area (Å²) in [7, 11) is 0. The van der Waals surface area contributed by atoms with Crippen molar-refractivity contribution in [2.45, 2.75) is 6.42 Å². The molecule has 3 heteroatoms. The van der Waals surface area contributed by atoms with Crippen LogP contribution in [0.5, 0.6) is 0 Å². The summed E-state index contributed by atoms with van der Waals surface area (Å²) in [5.74, 6) is -0.492. The Morgan fingerprint density at radius 1 is 1.25 bits per heavy atom. The number of ketones is 1. The molecule has 3 nitrogen and oxygen atoms in total. The molecule has 2 rings (SSSR count). The van der Waals surface area contributed by atoms with Crippen molar-refractivity contribution in [2.24, 2.45) is 0 Å². The zero-order valence-electron chi connectivity index (χ0n) is 8.72. The normalized spacial score (nSPS) is 10.2. The van der Waals surface area contributed by atoms with Crippen LogP contribution in [0, 0.1) is 0 Å². The van der Waals surface area contributed by atoms with Crippen LogP contribution in [-0.4, -0.2) is 16.3 Å². The van der Waals surface area contributed by atoms with Crippen LogP contribution < -0.4 is 0 Å². The summed E-state index contributed by atoms with van der Waals surface area (Å²) in [6, 6.07) is 9.40. The minimum Gasteiger partial charge on any atom is -0.294 e. The number of benzene rings is 1. The Morgan fingerprint density at radius 3 is 2.75 bits per heavy atom. The molecular formula is C13H11NO2. The number of para-hydroxylation sites is 1. The van der Waals surface area contributed by atoms with Gasteiger partial charge in [0.15, 0.2) is 5.78 Å². The van der Waals surface area contributed by atoms with E-state index in [0.717, 1.165) is 10.9 Å². The Kier molecular flexibility index (Phi) is 2.68. The molecule has 1 aromatic heterocycles. The molecule has 0 aliphatic carbocycles. The van der Waals surface area contributed by atoms with Gasteiger partial charge in [-0.2, -0.15) is 0 Å². The van der Waals surface area contributed by atoms with Crippen LogP contribution >= 0.6 is 0 Å². The maximum absolute atomic E-state index is 11.8. The SMILES string of the molecule is C=CC(=O)CC(=O)n1ccc2ccccc21. The molecule has 0 bridgehead atoms. The monoisotopic (exact) mass is 213 g/mol. The summed E-state index contributed by atoms with van der Waals surface area (Å²) < 4.78 is 1.50. The number of aromatic nitrogens is 1. The molecule has 0 aliphatic heterocycles. The Labute approximate surface area is 93.0 Å². The number of carbonyl (C=O) groups is 2. The van der Waals surface area contributed by atoms with Crippen molar-refractivity contribution in [1.29, 1.82) is 0 Å². The zero-order valence-corrected chi connectivity index (χ0v) is 8.72.